The molecule has 0 aliphatic rings. The largest absolute Gasteiger partial charge is 0.360 e. The Bertz CT molecular complexity index is 718. The Balaban J connectivity index is 2.28. The molecule has 1 heterocycles. The van der Waals surface area contributed by atoms with Crippen molar-refractivity contribution in [3.63, 3.8) is 0 Å². The second-order valence-electron chi connectivity index (χ2n) is 4.21. The minimum Gasteiger partial charge on any atom is -0.360 e. The van der Waals surface area contributed by atoms with Crippen molar-refractivity contribution >= 4 is 33.2 Å². The third-order valence-corrected chi connectivity index (χ3v) is 4.90. The number of benzene rings is 1. The summed E-state index contributed by atoms with van der Waals surface area (Å²) in [6, 6.07) is 4.43. The molecule has 2 aromatic rings. The molecule has 0 aliphatic heterocycles. The molecule has 0 atom stereocenters. The van der Waals surface area contributed by atoms with Gasteiger partial charge in [0.2, 0.25) is 10.0 Å². The fraction of sp³-hybridized carbons (Fsp3) is 0.250. The van der Waals surface area contributed by atoms with Crippen LogP contribution in [-0.4, -0.2) is 20.6 Å². The van der Waals surface area contributed by atoms with Crippen LogP contribution in [0.2, 0.25) is 10.0 Å². The third-order valence-electron chi connectivity index (χ3n) is 2.69. The molecule has 21 heavy (non-hydrogen) atoms. The molecule has 0 saturated heterocycles. The molecule has 9 heteroatoms. The average molecular weight is 350 g/mol. The van der Waals surface area contributed by atoms with E-state index in [9.17, 15) is 8.42 Å². The van der Waals surface area contributed by atoms with Gasteiger partial charge in [-0.2, -0.15) is 0 Å². The lowest BCUT2D eigenvalue weighted by Gasteiger charge is -2.11. The molecule has 6 nitrogen and oxygen atoms in total. The molecular weight excluding hydrogens is 337 g/mol. The predicted octanol–water partition coefficient (Wildman–Crippen LogP) is 2.18. The molecule has 0 spiro atoms. The summed E-state index contributed by atoms with van der Waals surface area (Å²) < 4.78 is 31.8. The Morgan fingerprint density at radius 1 is 1.24 bits per heavy atom. The van der Waals surface area contributed by atoms with Gasteiger partial charge in [0.15, 0.2) is 5.76 Å². The molecule has 114 valence electrons. The fourth-order valence-corrected chi connectivity index (χ4v) is 3.54. The summed E-state index contributed by atoms with van der Waals surface area (Å²) in [7, 11) is -2.04. The zero-order chi connectivity index (χ0) is 15.5. The molecule has 2 N–H and O–H groups in total. The quantitative estimate of drug-likeness (QED) is 0.834. The number of halogens is 2. The van der Waals surface area contributed by atoms with Crippen LogP contribution in [0.3, 0.4) is 0 Å². The Labute approximate surface area is 132 Å². The van der Waals surface area contributed by atoms with Gasteiger partial charge < -0.3 is 9.84 Å². The molecule has 2 rings (SSSR count). The van der Waals surface area contributed by atoms with Crippen LogP contribution >= 0.6 is 23.2 Å². The molecule has 1 aromatic carbocycles. The van der Waals surface area contributed by atoms with Gasteiger partial charge in [-0.1, -0.05) is 28.4 Å². The maximum Gasteiger partial charge on any atom is 0.242 e. The Morgan fingerprint density at radius 3 is 2.62 bits per heavy atom. The van der Waals surface area contributed by atoms with E-state index in [4.69, 9.17) is 27.7 Å². The zero-order valence-corrected chi connectivity index (χ0v) is 13.4. The van der Waals surface area contributed by atoms with Crippen molar-refractivity contribution < 1.29 is 12.9 Å². The van der Waals surface area contributed by atoms with Crippen molar-refractivity contribution in [3.05, 3.63) is 45.8 Å². The van der Waals surface area contributed by atoms with Crippen LogP contribution < -0.4 is 10.0 Å². The smallest absolute Gasteiger partial charge is 0.242 e. The van der Waals surface area contributed by atoms with E-state index in [1.54, 1.807) is 13.1 Å². The van der Waals surface area contributed by atoms with Gasteiger partial charge >= 0.3 is 0 Å². The van der Waals surface area contributed by atoms with Crippen LogP contribution in [0.4, 0.5) is 0 Å². The SMILES string of the molecule is CNCc1cc(S(=O)(=O)NCc2ccno2)c(Cl)cc1Cl. The first-order valence-corrected chi connectivity index (χ1v) is 8.19. The van der Waals surface area contributed by atoms with Gasteiger partial charge in [0, 0.05) is 17.6 Å². The maximum absolute atomic E-state index is 12.3. The van der Waals surface area contributed by atoms with Crippen molar-refractivity contribution in [1.29, 1.82) is 0 Å². The highest BCUT2D eigenvalue weighted by molar-refractivity contribution is 7.89. The zero-order valence-electron chi connectivity index (χ0n) is 11.1. The van der Waals surface area contributed by atoms with Crippen molar-refractivity contribution in [3.8, 4) is 0 Å². The third kappa shape index (κ3) is 3.96. The highest BCUT2D eigenvalue weighted by Crippen LogP contribution is 2.28. The first-order chi connectivity index (χ1) is 9.94. The number of hydrogen-bond acceptors (Lipinski definition) is 5. The molecule has 0 unspecified atom stereocenters. The van der Waals surface area contributed by atoms with Gasteiger partial charge in [0.05, 0.1) is 17.8 Å². The standard InChI is InChI=1S/C12H13Cl2N3O3S/c1-15-6-8-4-12(11(14)5-10(8)13)21(18,19)17-7-9-2-3-16-20-9/h2-5,15,17H,6-7H2,1H3. The second kappa shape index (κ2) is 6.76. The molecule has 0 aliphatic carbocycles. The minimum absolute atomic E-state index is 0.0113. The van der Waals surface area contributed by atoms with E-state index in [2.05, 4.69) is 15.2 Å². The summed E-state index contributed by atoms with van der Waals surface area (Å²) in [5.74, 6) is 0.402. The average Bonchev–Trinajstić information content (AvgIpc) is 2.93. The molecular formula is C12H13Cl2N3O3S. The van der Waals surface area contributed by atoms with E-state index >= 15 is 0 Å². The molecule has 0 bridgehead atoms. The molecule has 0 amide bonds. The lowest BCUT2D eigenvalue weighted by Crippen LogP contribution is -2.23. The number of hydrogen-bond donors (Lipinski definition) is 2. The van der Waals surface area contributed by atoms with Crippen LogP contribution in [0, 0.1) is 0 Å². The maximum atomic E-state index is 12.3. The number of aromatic nitrogens is 1. The molecule has 1 aromatic heterocycles. The van der Waals surface area contributed by atoms with E-state index < -0.39 is 10.0 Å². The highest BCUT2D eigenvalue weighted by Gasteiger charge is 2.20. The first kappa shape index (κ1) is 16.3. The van der Waals surface area contributed by atoms with Crippen molar-refractivity contribution in [1.82, 2.24) is 15.2 Å². The van der Waals surface area contributed by atoms with Crippen molar-refractivity contribution in [2.75, 3.05) is 7.05 Å². The van der Waals surface area contributed by atoms with E-state index in [0.717, 1.165) is 0 Å². The Kier molecular flexibility index (Phi) is 5.23. The first-order valence-electron chi connectivity index (χ1n) is 5.96. The molecule has 0 radical (unpaired) electrons. The summed E-state index contributed by atoms with van der Waals surface area (Å²) in [6.07, 6.45) is 1.43. The lowest BCUT2D eigenvalue weighted by molar-refractivity contribution is 0.380. The van der Waals surface area contributed by atoms with E-state index in [1.807, 2.05) is 0 Å². The predicted molar refractivity (Wildman–Crippen MR) is 79.8 cm³/mol. The van der Waals surface area contributed by atoms with Crippen LogP contribution in [0.15, 0.2) is 33.8 Å². The second-order valence-corrected chi connectivity index (χ2v) is 6.76. The normalized spacial score (nSPS) is 11.8. The monoisotopic (exact) mass is 349 g/mol. The van der Waals surface area contributed by atoms with Gasteiger partial charge in [-0.05, 0) is 24.7 Å². The lowest BCUT2D eigenvalue weighted by atomic mass is 10.2. The summed E-state index contributed by atoms with van der Waals surface area (Å²) in [4.78, 5) is -0.0293. The summed E-state index contributed by atoms with van der Waals surface area (Å²) >= 11 is 12.0. The van der Waals surface area contributed by atoms with Crippen LogP contribution in [0.1, 0.15) is 11.3 Å². The number of nitrogens with zero attached hydrogens (tertiary/aromatic N) is 1. The Hall–Kier alpha value is -1.12. The number of nitrogens with one attached hydrogen (secondary N) is 2. The van der Waals surface area contributed by atoms with E-state index in [0.29, 0.717) is 22.9 Å². The van der Waals surface area contributed by atoms with Crippen LogP contribution in [-0.2, 0) is 23.1 Å². The van der Waals surface area contributed by atoms with E-state index in [-0.39, 0.29) is 16.5 Å². The Morgan fingerprint density at radius 2 is 2.00 bits per heavy atom. The highest BCUT2D eigenvalue weighted by atomic mass is 35.5. The summed E-state index contributed by atoms with van der Waals surface area (Å²) in [6.45, 7) is 0.420. The van der Waals surface area contributed by atoms with Crippen molar-refractivity contribution in [2.24, 2.45) is 0 Å². The minimum atomic E-state index is -3.78. The van der Waals surface area contributed by atoms with Crippen LogP contribution in [0.25, 0.3) is 0 Å². The topological polar surface area (TPSA) is 84.2 Å². The molecule has 0 saturated carbocycles. The van der Waals surface area contributed by atoms with Gasteiger partial charge in [-0.15, -0.1) is 0 Å². The van der Waals surface area contributed by atoms with Gasteiger partial charge in [-0.25, -0.2) is 13.1 Å². The van der Waals surface area contributed by atoms with Gasteiger partial charge in [0.1, 0.15) is 4.90 Å². The fourth-order valence-electron chi connectivity index (χ4n) is 1.68. The summed E-state index contributed by atoms with van der Waals surface area (Å²) in [5.41, 5.74) is 0.642. The summed E-state index contributed by atoms with van der Waals surface area (Å²) in [5, 5.41) is 6.88. The van der Waals surface area contributed by atoms with Crippen LogP contribution in [0.5, 0.6) is 0 Å². The van der Waals surface area contributed by atoms with E-state index in [1.165, 1.54) is 18.3 Å². The van der Waals surface area contributed by atoms with Crippen molar-refractivity contribution in [2.45, 2.75) is 18.0 Å². The van der Waals surface area contributed by atoms with Gasteiger partial charge in [-0.3, -0.25) is 0 Å². The molecule has 0 fully saturated rings. The number of sulfonamides is 1. The number of rotatable bonds is 6. The van der Waals surface area contributed by atoms with Gasteiger partial charge in [0.25, 0.3) is 0 Å².